The smallest absolute Gasteiger partial charge is 0.0620 e. The molecule has 15 rings (SSSR count). The summed E-state index contributed by atoms with van der Waals surface area (Å²) in [5, 5.41) is 4.66. The summed E-state index contributed by atoms with van der Waals surface area (Å²) >= 11 is 0. The van der Waals surface area contributed by atoms with Crippen molar-refractivity contribution in [3.63, 3.8) is 0 Å². The molecule has 0 saturated heterocycles. The van der Waals surface area contributed by atoms with Crippen molar-refractivity contribution in [2.75, 3.05) is 0 Å². The molecule has 2 nitrogen and oxygen atoms in total. The fourth-order valence-electron chi connectivity index (χ4n) is 13.5. The molecule has 0 fully saturated rings. The topological polar surface area (TPSA) is 9.86 Å². The van der Waals surface area contributed by atoms with E-state index in [4.69, 9.17) is 0 Å². The zero-order chi connectivity index (χ0) is 52.3. The van der Waals surface area contributed by atoms with Gasteiger partial charge in [-0.15, -0.1) is 0 Å². The lowest BCUT2D eigenvalue weighted by Crippen LogP contribution is -2.14. The summed E-state index contributed by atoms with van der Waals surface area (Å²) in [6, 6.07) is 99.8. The first-order chi connectivity index (χ1) is 38.2. The summed E-state index contributed by atoms with van der Waals surface area (Å²) < 4.78 is 5.12. The third-order valence-electron chi connectivity index (χ3n) is 17.4. The molecule has 0 bridgehead atoms. The van der Waals surface area contributed by atoms with E-state index in [-0.39, 0.29) is 10.8 Å². The van der Waals surface area contributed by atoms with E-state index >= 15 is 0 Å². The molecule has 0 amide bonds. The molecule has 78 heavy (non-hydrogen) atoms. The van der Waals surface area contributed by atoms with Crippen LogP contribution in [-0.4, -0.2) is 9.13 Å². The van der Waals surface area contributed by atoms with Crippen molar-refractivity contribution in [3.05, 3.63) is 289 Å². The van der Waals surface area contributed by atoms with E-state index in [0.717, 1.165) is 67.2 Å². The SMILES string of the molecule is CC1(C)c2ccccc2-c2ccc(-c3ccc4c(-n5c(-c6ccccc6)ccc5-c5ccccc5)c5cc(-c6ccc7c(c6)C(C)(C)c6ccccc6-7)ccc5c(-n5c(-c6ccccc6)ccc5-c5ccccc5)c4c3)cc21. The largest absolute Gasteiger partial charge is 0.308 e. The number of fused-ring (bicyclic) bond motifs is 8. The molecule has 0 atom stereocenters. The highest BCUT2D eigenvalue weighted by Crippen LogP contribution is 2.53. The lowest BCUT2D eigenvalue weighted by Gasteiger charge is -2.25. The van der Waals surface area contributed by atoms with Gasteiger partial charge in [-0.2, -0.15) is 0 Å². The minimum atomic E-state index is -0.139. The average molecular weight is 997 g/mol. The van der Waals surface area contributed by atoms with Crippen LogP contribution < -0.4 is 0 Å². The van der Waals surface area contributed by atoms with Gasteiger partial charge in [0.2, 0.25) is 0 Å². The Bertz CT molecular complexity index is 4110. The summed E-state index contributed by atoms with van der Waals surface area (Å²) in [4.78, 5) is 0. The summed E-state index contributed by atoms with van der Waals surface area (Å²) in [5.41, 5.74) is 26.7. The van der Waals surface area contributed by atoms with Crippen molar-refractivity contribution >= 4 is 21.5 Å². The van der Waals surface area contributed by atoms with Gasteiger partial charge in [0.1, 0.15) is 0 Å². The van der Waals surface area contributed by atoms with Gasteiger partial charge in [-0.1, -0.05) is 246 Å². The Kier molecular flexibility index (Phi) is 10.3. The molecule has 0 N–H and O–H groups in total. The van der Waals surface area contributed by atoms with Crippen molar-refractivity contribution in [3.8, 4) is 101 Å². The molecule has 0 aliphatic heterocycles. The lowest BCUT2D eigenvalue weighted by atomic mass is 9.81. The molecule has 0 radical (unpaired) electrons. The quantitative estimate of drug-likeness (QED) is 0.134. The van der Waals surface area contributed by atoms with Crippen LogP contribution in [0.25, 0.3) is 122 Å². The minimum Gasteiger partial charge on any atom is -0.308 e. The van der Waals surface area contributed by atoms with Gasteiger partial charge in [0, 0.05) is 32.4 Å². The molecule has 0 saturated carbocycles. The van der Waals surface area contributed by atoms with Crippen LogP contribution >= 0.6 is 0 Å². The van der Waals surface area contributed by atoms with Crippen molar-refractivity contribution < 1.29 is 0 Å². The second kappa shape index (κ2) is 17.5. The average Bonchev–Trinajstić information content (AvgIpc) is 4.09. The monoisotopic (exact) mass is 996 g/mol. The van der Waals surface area contributed by atoms with Crippen molar-refractivity contribution in [2.45, 2.75) is 38.5 Å². The first-order valence-corrected chi connectivity index (χ1v) is 27.4. The molecule has 2 heterocycles. The Balaban J connectivity index is 1.09. The molecule has 2 aromatic heterocycles. The normalized spacial score (nSPS) is 13.6. The molecular weight excluding hydrogens is 941 g/mol. The van der Waals surface area contributed by atoms with Crippen LogP contribution in [0.4, 0.5) is 0 Å². The molecule has 2 aliphatic rings. The van der Waals surface area contributed by atoms with E-state index in [2.05, 4.69) is 304 Å². The predicted octanol–water partition coefficient (Wildman–Crippen LogP) is 20.2. The number of rotatable bonds is 8. The Labute approximate surface area is 456 Å². The van der Waals surface area contributed by atoms with Crippen LogP contribution in [0.3, 0.4) is 0 Å². The number of aromatic nitrogens is 2. The second-order valence-corrected chi connectivity index (χ2v) is 22.4. The number of hydrogen-bond donors (Lipinski definition) is 0. The third kappa shape index (κ3) is 6.96. The standard InChI is InChI=1S/C76H56N2/c1-75(2)65-31-19-17-29-57(65)59-37-33-55(47-67(59)75)53-35-39-61-63(45-53)73(77-69(49-21-9-5-10-22-49)41-42-70(77)50-23-11-6-12-24-50)62-40-36-54(56-34-38-60-58-30-18-20-32-66(58)76(3,4)68(60)48-56)46-64(62)74(61)78-71(51-25-13-7-14-26-51)43-44-72(78)52-27-15-8-16-28-52/h5-48H,1-4H3. The van der Waals surface area contributed by atoms with Gasteiger partial charge < -0.3 is 9.13 Å². The number of hydrogen-bond acceptors (Lipinski definition) is 0. The van der Waals surface area contributed by atoms with Crippen LogP contribution in [0.2, 0.25) is 0 Å². The second-order valence-electron chi connectivity index (χ2n) is 22.4. The summed E-state index contributed by atoms with van der Waals surface area (Å²) in [7, 11) is 0. The van der Waals surface area contributed by atoms with E-state index in [9.17, 15) is 0 Å². The highest BCUT2D eigenvalue weighted by molar-refractivity contribution is 6.17. The lowest BCUT2D eigenvalue weighted by molar-refractivity contribution is 0.660. The van der Waals surface area contributed by atoms with Gasteiger partial charge in [0.05, 0.1) is 34.2 Å². The molecule has 0 spiro atoms. The zero-order valence-corrected chi connectivity index (χ0v) is 44.3. The van der Waals surface area contributed by atoms with Crippen LogP contribution in [0.1, 0.15) is 49.9 Å². The Morgan fingerprint density at radius 1 is 0.218 bits per heavy atom. The summed E-state index contributed by atoms with van der Waals surface area (Å²) in [5.74, 6) is 0. The van der Waals surface area contributed by atoms with Crippen LogP contribution in [0.5, 0.6) is 0 Å². The summed E-state index contributed by atoms with van der Waals surface area (Å²) in [6.45, 7) is 9.51. The van der Waals surface area contributed by atoms with Crippen LogP contribution in [0.15, 0.2) is 267 Å². The highest BCUT2D eigenvalue weighted by Gasteiger charge is 2.37. The predicted molar refractivity (Wildman–Crippen MR) is 328 cm³/mol. The highest BCUT2D eigenvalue weighted by atomic mass is 15.0. The van der Waals surface area contributed by atoms with Gasteiger partial charge in [-0.25, -0.2) is 0 Å². The number of nitrogens with zero attached hydrogens (tertiary/aromatic N) is 2. The van der Waals surface area contributed by atoms with E-state index < -0.39 is 0 Å². The van der Waals surface area contributed by atoms with Crippen molar-refractivity contribution in [1.82, 2.24) is 9.13 Å². The Morgan fingerprint density at radius 2 is 0.500 bits per heavy atom. The molecule has 13 aromatic rings. The third-order valence-corrected chi connectivity index (χ3v) is 17.4. The maximum atomic E-state index is 2.56. The Morgan fingerprint density at radius 3 is 0.846 bits per heavy atom. The van der Waals surface area contributed by atoms with Crippen molar-refractivity contribution in [2.24, 2.45) is 0 Å². The fourth-order valence-corrected chi connectivity index (χ4v) is 13.5. The van der Waals surface area contributed by atoms with Crippen molar-refractivity contribution in [1.29, 1.82) is 0 Å². The van der Waals surface area contributed by atoms with E-state index in [0.29, 0.717) is 0 Å². The van der Waals surface area contributed by atoms with Gasteiger partial charge in [0.15, 0.2) is 0 Å². The van der Waals surface area contributed by atoms with Gasteiger partial charge in [0.25, 0.3) is 0 Å². The first kappa shape index (κ1) is 45.9. The first-order valence-electron chi connectivity index (χ1n) is 27.4. The molecule has 370 valence electrons. The molecular formula is C76H56N2. The van der Waals surface area contributed by atoms with Crippen LogP contribution in [-0.2, 0) is 10.8 Å². The van der Waals surface area contributed by atoms with Gasteiger partial charge >= 0.3 is 0 Å². The van der Waals surface area contributed by atoms with Gasteiger partial charge in [-0.3, -0.25) is 0 Å². The molecule has 2 heteroatoms. The maximum absolute atomic E-state index is 2.56. The van der Waals surface area contributed by atoms with Gasteiger partial charge in [-0.05, 0) is 138 Å². The van der Waals surface area contributed by atoms with Crippen LogP contribution in [0, 0.1) is 0 Å². The minimum absolute atomic E-state index is 0.139. The molecule has 0 unspecified atom stereocenters. The van der Waals surface area contributed by atoms with E-state index in [1.807, 2.05) is 0 Å². The zero-order valence-electron chi connectivity index (χ0n) is 44.3. The molecule has 2 aliphatic carbocycles. The van der Waals surface area contributed by atoms with E-state index in [1.54, 1.807) is 0 Å². The molecule has 11 aromatic carbocycles. The fraction of sp³-hybridized carbons (Fsp3) is 0.0789. The summed E-state index contributed by atoms with van der Waals surface area (Å²) in [6.07, 6.45) is 0. The Hall–Kier alpha value is -9.50. The maximum Gasteiger partial charge on any atom is 0.0620 e. The number of benzene rings is 11. The van der Waals surface area contributed by atoms with E-state index in [1.165, 1.54) is 77.5 Å².